The molecular formula is C25H34N6O5. The van der Waals surface area contributed by atoms with E-state index in [-0.39, 0.29) is 30.5 Å². The van der Waals surface area contributed by atoms with Gasteiger partial charge in [0, 0.05) is 13.1 Å². The summed E-state index contributed by atoms with van der Waals surface area (Å²) in [5, 5.41) is 2.67. The number of amides is 4. The molecule has 4 amide bonds. The van der Waals surface area contributed by atoms with Gasteiger partial charge in [-0.25, -0.2) is 9.59 Å². The fourth-order valence-electron chi connectivity index (χ4n) is 4.15. The molecule has 1 aliphatic heterocycles. The van der Waals surface area contributed by atoms with Crippen LogP contribution in [-0.2, 0) is 21.7 Å². The first-order chi connectivity index (χ1) is 17.0. The smallest absolute Gasteiger partial charge is 0.330 e. The number of nitrogen functional groups attached to an aromatic ring is 1. The predicted octanol–water partition coefficient (Wildman–Crippen LogP) is 1.77. The van der Waals surface area contributed by atoms with Crippen molar-refractivity contribution in [2.45, 2.75) is 59.0 Å². The van der Waals surface area contributed by atoms with Gasteiger partial charge < -0.3 is 16.0 Å². The van der Waals surface area contributed by atoms with Crippen molar-refractivity contribution >= 4 is 29.4 Å². The third-order valence-corrected chi connectivity index (χ3v) is 6.37. The number of aromatic amines is 1. The highest BCUT2D eigenvalue weighted by atomic mass is 16.2. The second-order valence-corrected chi connectivity index (χ2v) is 9.54. The number of carbonyl (C=O) groups is 3. The van der Waals surface area contributed by atoms with Crippen LogP contribution in [0.25, 0.3) is 0 Å². The monoisotopic (exact) mass is 498 g/mol. The molecule has 36 heavy (non-hydrogen) atoms. The zero-order chi connectivity index (χ0) is 26.6. The standard InChI is InChI=1S/C25H34N6O5/c1-5-6-13-30-20(26)19(21(33)27-23(30)35)29(14-12-16(2)3)18(32)15-31-22(34)25(4,28-24(31)36)17-10-8-7-9-11-17/h7-11,16H,5-6,12-15,26H2,1-4H3,(H,28,36)(H,27,33,35)/t25-/m1/s1. The number of nitrogens with one attached hydrogen (secondary N) is 2. The molecule has 0 aliphatic carbocycles. The first-order valence-electron chi connectivity index (χ1n) is 12.1. The number of benzene rings is 1. The number of imide groups is 1. The number of rotatable bonds is 10. The van der Waals surface area contributed by atoms with Crippen LogP contribution in [0, 0.1) is 5.92 Å². The van der Waals surface area contributed by atoms with E-state index < -0.39 is 41.2 Å². The van der Waals surface area contributed by atoms with Crippen molar-refractivity contribution < 1.29 is 14.4 Å². The van der Waals surface area contributed by atoms with E-state index in [1.807, 2.05) is 20.8 Å². The summed E-state index contributed by atoms with van der Waals surface area (Å²) >= 11 is 0. The van der Waals surface area contributed by atoms with Gasteiger partial charge >= 0.3 is 11.7 Å². The number of carbonyl (C=O) groups excluding carboxylic acids is 3. The van der Waals surface area contributed by atoms with Crippen LogP contribution in [0.3, 0.4) is 0 Å². The maximum absolute atomic E-state index is 13.5. The molecule has 3 rings (SSSR count). The molecule has 11 heteroatoms. The lowest BCUT2D eigenvalue weighted by atomic mass is 9.92. The van der Waals surface area contributed by atoms with Crippen molar-refractivity contribution in [2.75, 3.05) is 23.7 Å². The maximum Gasteiger partial charge on any atom is 0.330 e. The molecule has 1 atom stereocenters. The van der Waals surface area contributed by atoms with Crippen molar-refractivity contribution in [1.29, 1.82) is 0 Å². The average molecular weight is 499 g/mol. The summed E-state index contributed by atoms with van der Waals surface area (Å²) in [5.74, 6) is -1.18. The summed E-state index contributed by atoms with van der Waals surface area (Å²) in [7, 11) is 0. The first-order valence-corrected chi connectivity index (χ1v) is 12.1. The van der Waals surface area contributed by atoms with Crippen LogP contribution in [-0.4, -0.2) is 45.4 Å². The van der Waals surface area contributed by atoms with E-state index >= 15 is 0 Å². The van der Waals surface area contributed by atoms with Gasteiger partial charge in [-0.3, -0.25) is 28.8 Å². The summed E-state index contributed by atoms with van der Waals surface area (Å²) in [6.45, 7) is 7.26. The number of nitrogens with zero attached hydrogens (tertiary/aromatic N) is 3. The highest BCUT2D eigenvalue weighted by Crippen LogP contribution is 2.29. The van der Waals surface area contributed by atoms with Gasteiger partial charge in [0.2, 0.25) is 5.91 Å². The van der Waals surface area contributed by atoms with Crippen LogP contribution >= 0.6 is 0 Å². The van der Waals surface area contributed by atoms with Crippen LogP contribution < -0.4 is 27.2 Å². The van der Waals surface area contributed by atoms with Crippen molar-refractivity contribution in [3.63, 3.8) is 0 Å². The van der Waals surface area contributed by atoms with Crippen molar-refractivity contribution in [3.05, 3.63) is 56.7 Å². The summed E-state index contributed by atoms with van der Waals surface area (Å²) in [6.07, 6.45) is 1.97. The number of hydrogen-bond acceptors (Lipinski definition) is 6. The summed E-state index contributed by atoms with van der Waals surface area (Å²) in [5.41, 5.74) is 3.89. The Kier molecular flexibility index (Phi) is 8.01. The van der Waals surface area contributed by atoms with Crippen LogP contribution in [0.1, 0.15) is 52.5 Å². The predicted molar refractivity (Wildman–Crippen MR) is 136 cm³/mol. The van der Waals surface area contributed by atoms with Gasteiger partial charge in [0.1, 0.15) is 17.9 Å². The van der Waals surface area contributed by atoms with Gasteiger partial charge in [-0.05, 0) is 31.2 Å². The molecule has 2 aromatic rings. The molecule has 0 radical (unpaired) electrons. The van der Waals surface area contributed by atoms with Gasteiger partial charge in [-0.15, -0.1) is 0 Å². The van der Waals surface area contributed by atoms with E-state index in [0.29, 0.717) is 18.4 Å². The fraction of sp³-hybridized carbons (Fsp3) is 0.480. The maximum atomic E-state index is 13.5. The molecule has 1 aromatic carbocycles. The van der Waals surface area contributed by atoms with Crippen LogP contribution in [0.4, 0.5) is 16.3 Å². The van der Waals surface area contributed by atoms with E-state index in [2.05, 4.69) is 10.3 Å². The first kappa shape index (κ1) is 26.7. The molecule has 0 unspecified atom stereocenters. The highest BCUT2D eigenvalue weighted by molar-refractivity contribution is 6.10. The Morgan fingerprint density at radius 2 is 1.81 bits per heavy atom. The number of aromatic nitrogens is 2. The normalized spacial score (nSPS) is 17.5. The molecular weight excluding hydrogens is 464 g/mol. The second kappa shape index (κ2) is 10.8. The van der Waals surface area contributed by atoms with Crippen LogP contribution in [0.2, 0.25) is 0 Å². The van der Waals surface area contributed by atoms with Crippen LogP contribution in [0.5, 0.6) is 0 Å². The Bertz CT molecular complexity index is 1250. The molecule has 2 heterocycles. The lowest BCUT2D eigenvalue weighted by Crippen LogP contribution is -2.47. The molecule has 1 saturated heterocycles. The van der Waals surface area contributed by atoms with Gasteiger partial charge in [-0.1, -0.05) is 57.5 Å². The largest absolute Gasteiger partial charge is 0.383 e. The lowest BCUT2D eigenvalue weighted by Gasteiger charge is -2.27. The lowest BCUT2D eigenvalue weighted by molar-refractivity contribution is -0.134. The van der Waals surface area contributed by atoms with Crippen molar-refractivity contribution in [2.24, 2.45) is 5.92 Å². The van der Waals surface area contributed by atoms with E-state index in [0.717, 1.165) is 11.3 Å². The van der Waals surface area contributed by atoms with Gasteiger partial charge in [0.25, 0.3) is 11.5 Å². The number of anilines is 2. The third-order valence-electron chi connectivity index (χ3n) is 6.37. The summed E-state index contributed by atoms with van der Waals surface area (Å²) < 4.78 is 1.23. The Labute approximate surface area is 209 Å². The molecule has 0 saturated carbocycles. The van der Waals surface area contributed by atoms with E-state index in [1.54, 1.807) is 37.3 Å². The van der Waals surface area contributed by atoms with Gasteiger partial charge in [0.05, 0.1) is 0 Å². The molecule has 1 aromatic heterocycles. The summed E-state index contributed by atoms with van der Waals surface area (Å²) in [4.78, 5) is 69.0. The van der Waals surface area contributed by atoms with Crippen molar-refractivity contribution in [3.8, 4) is 0 Å². The zero-order valence-electron chi connectivity index (χ0n) is 21.2. The van der Waals surface area contributed by atoms with E-state index in [4.69, 9.17) is 5.73 Å². The average Bonchev–Trinajstić information content (AvgIpc) is 3.05. The third kappa shape index (κ3) is 5.19. The topological polar surface area (TPSA) is 151 Å². The number of unbranched alkanes of at least 4 members (excludes halogenated alkanes) is 1. The number of hydrogen-bond donors (Lipinski definition) is 3. The zero-order valence-corrected chi connectivity index (χ0v) is 21.2. The Hall–Kier alpha value is -3.89. The van der Waals surface area contributed by atoms with Gasteiger partial charge in [-0.2, -0.15) is 0 Å². The quantitative estimate of drug-likeness (QED) is 0.425. The Morgan fingerprint density at radius 1 is 1.14 bits per heavy atom. The minimum atomic E-state index is -1.33. The SMILES string of the molecule is CCCCn1c(N)c(N(CCC(C)C)C(=O)CN2C(=O)N[C@](C)(c3ccccc3)C2=O)c(=O)[nH]c1=O. The molecule has 11 nitrogen and oxygen atoms in total. The van der Waals surface area contributed by atoms with Crippen molar-refractivity contribution in [1.82, 2.24) is 19.8 Å². The van der Waals surface area contributed by atoms with E-state index in [9.17, 15) is 24.0 Å². The summed E-state index contributed by atoms with van der Waals surface area (Å²) in [6, 6.07) is 8.03. The van der Waals surface area contributed by atoms with Gasteiger partial charge in [0.15, 0.2) is 5.69 Å². The van der Waals surface area contributed by atoms with Crippen LogP contribution in [0.15, 0.2) is 39.9 Å². The fourth-order valence-corrected chi connectivity index (χ4v) is 4.15. The Morgan fingerprint density at radius 3 is 2.42 bits per heavy atom. The number of urea groups is 1. The molecule has 0 spiro atoms. The van der Waals surface area contributed by atoms with E-state index in [1.165, 1.54) is 9.47 Å². The Balaban J connectivity index is 1.97. The minimum absolute atomic E-state index is 0.120. The highest BCUT2D eigenvalue weighted by Gasteiger charge is 2.49. The second-order valence-electron chi connectivity index (χ2n) is 9.54. The number of H-pyrrole nitrogens is 1. The molecule has 194 valence electrons. The molecule has 1 fully saturated rings. The number of nitrogens with two attached hydrogens (primary N) is 1. The minimum Gasteiger partial charge on any atom is -0.383 e. The molecule has 4 N–H and O–H groups in total. The molecule has 1 aliphatic rings. The molecule has 0 bridgehead atoms.